The van der Waals surface area contributed by atoms with Crippen LogP contribution in [0.4, 0.5) is 9.18 Å². The number of hydrogen-bond acceptors (Lipinski definition) is 13. The predicted molar refractivity (Wildman–Crippen MR) is 215 cm³/mol. The molecule has 2 aromatic rings. The Morgan fingerprint density at radius 3 is 2.41 bits per heavy atom. The Balaban J connectivity index is 1.46. The van der Waals surface area contributed by atoms with Crippen LogP contribution in [-0.2, 0) is 44.6 Å². The summed E-state index contributed by atoms with van der Waals surface area (Å²) < 4.78 is 49.4. The number of cyclic esters (lactones) is 1. The molecule has 14 nitrogen and oxygen atoms in total. The van der Waals surface area contributed by atoms with Crippen molar-refractivity contribution in [3.8, 4) is 11.3 Å². The SMILES string of the molecule is CCN[C@H]1C[C@@H](C)O[C@@H](O[C@@H]2[C@H](C)C(=O)[C@](C)(F)C(=O)O[C@H](CC)[C@@]3(C)OC(=O)N(CCCCn4cnc(-c5ccsc5)c4)C3[C@@H](C)C(=O)[C@H](C)C[C@@]2(C)OC)[C@H]1O. The summed E-state index contributed by atoms with van der Waals surface area (Å²) >= 11 is 1.60. The number of aliphatic hydroxyl groups is 1. The van der Waals surface area contributed by atoms with Gasteiger partial charge < -0.3 is 43.6 Å². The predicted octanol–water partition coefficient (Wildman–Crippen LogP) is 5.74. The van der Waals surface area contributed by atoms with Crippen molar-refractivity contribution in [2.24, 2.45) is 17.8 Å². The van der Waals surface area contributed by atoms with Crippen LogP contribution in [0, 0.1) is 17.8 Å². The maximum Gasteiger partial charge on any atom is 0.410 e. The number of amides is 1. The minimum absolute atomic E-state index is 0.00509. The lowest BCUT2D eigenvalue weighted by atomic mass is 9.73. The van der Waals surface area contributed by atoms with Gasteiger partial charge in [-0.3, -0.25) is 9.59 Å². The summed E-state index contributed by atoms with van der Waals surface area (Å²) in [5, 5.41) is 18.6. The Morgan fingerprint density at radius 1 is 1.07 bits per heavy atom. The van der Waals surface area contributed by atoms with Crippen LogP contribution in [0.3, 0.4) is 0 Å². The molecule has 0 spiro atoms. The number of nitrogens with zero attached hydrogens (tertiary/aromatic N) is 3. The number of unbranched alkanes of at least 4 members (excludes halogenated alkanes) is 1. The number of hydrogen-bond donors (Lipinski definition) is 2. The summed E-state index contributed by atoms with van der Waals surface area (Å²) in [7, 11) is 1.41. The average molecular weight is 835 g/mol. The van der Waals surface area contributed by atoms with Crippen molar-refractivity contribution in [2.75, 3.05) is 20.2 Å². The number of aromatic nitrogens is 2. The van der Waals surface area contributed by atoms with E-state index in [9.17, 15) is 24.3 Å². The van der Waals surface area contributed by atoms with Crippen molar-refractivity contribution in [3.63, 3.8) is 0 Å². The number of ether oxygens (including phenoxy) is 5. The van der Waals surface area contributed by atoms with Gasteiger partial charge in [-0.1, -0.05) is 34.6 Å². The number of fused-ring (bicyclic) bond motifs is 1. The molecule has 58 heavy (non-hydrogen) atoms. The molecular formula is C42H63FN4O10S. The summed E-state index contributed by atoms with van der Waals surface area (Å²) in [4.78, 5) is 62.7. The van der Waals surface area contributed by atoms with Crippen molar-refractivity contribution in [2.45, 2.75) is 161 Å². The lowest BCUT2D eigenvalue weighted by Crippen LogP contribution is -2.62. The highest BCUT2D eigenvalue weighted by Crippen LogP contribution is 2.43. The number of imidazole rings is 1. The zero-order chi connectivity index (χ0) is 42.7. The van der Waals surface area contributed by atoms with Crippen molar-refractivity contribution in [1.82, 2.24) is 19.8 Å². The zero-order valence-corrected chi connectivity index (χ0v) is 36.4. The van der Waals surface area contributed by atoms with Crippen molar-refractivity contribution in [1.29, 1.82) is 0 Å². The highest BCUT2D eigenvalue weighted by molar-refractivity contribution is 7.08. The number of alkyl halides is 1. The van der Waals surface area contributed by atoms with Crippen LogP contribution >= 0.6 is 11.3 Å². The number of nitrogens with one attached hydrogen (secondary N) is 1. The van der Waals surface area contributed by atoms with Gasteiger partial charge in [0.1, 0.15) is 18.0 Å². The maximum absolute atomic E-state index is 16.9. The van der Waals surface area contributed by atoms with Gasteiger partial charge in [0.15, 0.2) is 17.7 Å². The topological polar surface area (TPSA) is 168 Å². The number of aryl methyl sites for hydroxylation is 1. The highest BCUT2D eigenvalue weighted by Gasteiger charge is 2.61. The molecule has 3 aliphatic heterocycles. The second-order valence-electron chi connectivity index (χ2n) is 16.9. The number of likely N-dealkylation sites (N-methyl/N-ethyl adjacent to an activating group) is 1. The van der Waals surface area contributed by atoms with Crippen molar-refractivity contribution in [3.05, 3.63) is 29.4 Å². The van der Waals surface area contributed by atoms with E-state index in [0.29, 0.717) is 32.4 Å². The fraction of sp³-hybridized carbons (Fsp3) is 0.738. The van der Waals surface area contributed by atoms with Gasteiger partial charge in [-0.15, -0.1) is 0 Å². The third-order valence-electron chi connectivity index (χ3n) is 12.5. The standard InChI is InChI=1S/C42H63FN4O10S/c1-11-31-42(9)34(47(39(52)57-42)17-14-13-16-46-21-30(45-23-46)28-15-18-58-22-28)26(5)32(48)24(3)20-40(7,53-10)36(27(6)35(50)41(8,43)38(51)55-31)56-37-33(49)29(44-12-2)19-25(4)54-37/h15,18,21-27,29,31,33-34,36-37,44,49H,11-14,16-17,19-20H2,1-10H3/t24-,25-,26+,27-,29+,31-,33+,34?,36-,37+,40-,41+,42-/m1/s1. The minimum Gasteiger partial charge on any atom is -0.455 e. The van der Waals surface area contributed by atoms with E-state index < -0.39 is 89.2 Å². The number of carbonyl (C=O) groups excluding carboxylic acids is 4. The lowest BCUT2D eigenvalue weighted by Gasteiger charge is -2.46. The first kappa shape index (κ1) is 45.8. The second-order valence-corrected chi connectivity index (χ2v) is 17.7. The molecule has 1 amide bonds. The van der Waals surface area contributed by atoms with E-state index in [1.54, 1.807) is 52.3 Å². The molecule has 13 atom stereocenters. The highest BCUT2D eigenvalue weighted by atomic mass is 32.1. The first-order chi connectivity index (χ1) is 27.3. The summed E-state index contributed by atoms with van der Waals surface area (Å²) in [6.07, 6.45) is -0.363. The molecule has 5 heterocycles. The van der Waals surface area contributed by atoms with Crippen LogP contribution in [0.15, 0.2) is 29.4 Å². The fourth-order valence-corrected chi connectivity index (χ4v) is 9.96. The van der Waals surface area contributed by atoms with E-state index in [0.717, 1.165) is 18.2 Å². The normalized spacial score (nSPS) is 38.0. The number of halogens is 1. The van der Waals surface area contributed by atoms with Gasteiger partial charge in [-0.05, 0) is 77.8 Å². The third-order valence-corrected chi connectivity index (χ3v) is 13.2. The molecule has 5 rings (SSSR count). The van der Waals surface area contributed by atoms with Crippen LogP contribution in [0.5, 0.6) is 0 Å². The monoisotopic (exact) mass is 834 g/mol. The van der Waals surface area contributed by atoms with Crippen molar-refractivity contribution >= 4 is 35.0 Å². The number of Topliss-reactive ketones (excluding diaryl/α,β-unsaturated/α-hetero) is 2. The molecule has 2 N–H and O–H groups in total. The molecule has 0 bridgehead atoms. The van der Waals surface area contributed by atoms with Crippen LogP contribution in [0.1, 0.15) is 94.4 Å². The van der Waals surface area contributed by atoms with E-state index in [1.807, 2.05) is 41.4 Å². The van der Waals surface area contributed by atoms with Gasteiger partial charge in [0.05, 0.1) is 35.9 Å². The smallest absolute Gasteiger partial charge is 0.410 e. The molecule has 0 aromatic carbocycles. The van der Waals surface area contributed by atoms with Gasteiger partial charge in [-0.25, -0.2) is 19.0 Å². The number of thiophene rings is 1. The Hall–Kier alpha value is -3.28. The van der Waals surface area contributed by atoms with E-state index in [2.05, 4.69) is 10.3 Å². The molecule has 16 heteroatoms. The first-order valence-electron chi connectivity index (χ1n) is 20.6. The van der Waals surface area contributed by atoms with Gasteiger partial charge in [0.2, 0.25) is 0 Å². The van der Waals surface area contributed by atoms with Crippen LogP contribution < -0.4 is 5.32 Å². The molecule has 0 radical (unpaired) electrons. The summed E-state index contributed by atoms with van der Waals surface area (Å²) in [5.74, 6) is -5.74. The van der Waals surface area contributed by atoms with Gasteiger partial charge in [-0.2, -0.15) is 11.3 Å². The van der Waals surface area contributed by atoms with E-state index in [1.165, 1.54) is 18.9 Å². The maximum atomic E-state index is 16.9. The van der Waals surface area contributed by atoms with Crippen LogP contribution in [0.2, 0.25) is 0 Å². The van der Waals surface area contributed by atoms with Gasteiger partial charge in [0.25, 0.3) is 5.67 Å². The van der Waals surface area contributed by atoms with Crippen LogP contribution in [0.25, 0.3) is 11.3 Å². The quantitative estimate of drug-likeness (QED) is 0.152. The second kappa shape index (κ2) is 18.5. The molecule has 3 fully saturated rings. The Kier molecular flexibility index (Phi) is 14.6. The van der Waals surface area contributed by atoms with E-state index >= 15 is 4.39 Å². The number of rotatable bonds is 12. The molecule has 0 aliphatic carbocycles. The average Bonchev–Trinajstić information content (AvgIpc) is 3.94. The Morgan fingerprint density at radius 2 is 1.78 bits per heavy atom. The summed E-state index contributed by atoms with van der Waals surface area (Å²) in [6.45, 7) is 15.9. The first-order valence-corrected chi connectivity index (χ1v) is 21.6. The Bertz CT molecular complexity index is 1740. The van der Waals surface area contributed by atoms with Crippen molar-refractivity contribution < 1.29 is 52.4 Å². The molecule has 2 aromatic heterocycles. The molecule has 3 aliphatic rings. The van der Waals surface area contributed by atoms with Gasteiger partial charge >= 0.3 is 12.1 Å². The zero-order valence-electron chi connectivity index (χ0n) is 35.6. The molecular weight excluding hydrogens is 772 g/mol. The number of ketones is 2. The number of aliphatic hydroxyl groups excluding tert-OH is 1. The van der Waals surface area contributed by atoms with E-state index in [-0.39, 0.29) is 31.3 Å². The Labute approximate surface area is 345 Å². The lowest BCUT2D eigenvalue weighted by molar-refractivity contribution is -0.290. The summed E-state index contributed by atoms with van der Waals surface area (Å²) in [6, 6.07) is 0.705. The van der Waals surface area contributed by atoms with Crippen LogP contribution in [-0.4, -0.2) is 123 Å². The fourth-order valence-electron chi connectivity index (χ4n) is 9.31. The molecule has 324 valence electrons. The van der Waals surface area contributed by atoms with Gasteiger partial charge in [0, 0.05) is 61.1 Å². The summed E-state index contributed by atoms with van der Waals surface area (Å²) in [5.41, 5.74) is -4.27. The number of carbonyl (C=O) groups is 4. The van der Waals surface area contributed by atoms with E-state index in [4.69, 9.17) is 23.7 Å². The molecule has 0 saturated carbocycles. The number of methoxy groups -OCH3 is 1. The minimum atomic E-state index is -3.17. The molecule has 3 saturated heterocycles. The molecule has 1 unspecified atom stereocenters. The largest absolute Gasteiger partial charge is 0.455 e. The number of esters is 1. The third kappa shape index (κ3) is 9.21.